The maximum Gasteiger partial charge on any atom is 0.191 e. The highest BCUT2D eigenvalue weighted by atomic mass is 15.3. The van der Waals surface area contributed by atoms with E-state index in [1.165, 1.54) is 56.6 Å². The van der Waals surface area contributed by atoms with Gasteiger partial charge in [0.25, 0.3) is 0 Å². The molecule has 0 radical (unpaired) electrons. The minimum Gasteiger partial charge on any atom is -0.356 e. The van der Waals surface area contributed by atoms with E-state index in [1.807, 2.05) is 18.8 Å². The summed E-state index contributed by atoms with van der Waals surface area (Å²) >= 11 is 0. The van der Waals surface area contributed by atoms with E-state index in [9.17, 15) is 0 Å². The third-order valence-electron chi connectivity index (χ3n) is 4.71. The van der Waals surface area contributed by atoms with Gasteiger partial charge in [0.05, 0.1) is 5.69 Å². The maximum absolute atomic E-state index is 4.45. The molecular formula is C17H32N6. The third kappa shape index (κ3) is 5.23. The number of guanidine groups is 1. The first-order valence-corrected chi connectivity index (χ1v) is 8.77. The number of unbranched alkanes of at least 4 members (excludes halogenated alkanes) is 1. The van der Waals surface area contributed by atoms with Crippen LogP contribution in [0, 0.1) is 13.8 Å². The number of hydrogen-bond acceptors (Lipinski definition) is 3. The zero-order valence-electron chi connectivity index (χ0n) is 15.2. The highest BCUT2D eigenvalue weighted by Gasteiger charge is 2.11. The second-order valence-electron chi connectivity index (χ2n) is 6.38. The van der Waals surface area contributed by atoms with E-state index >= 15 is 0 Å². The van der Waals surface area contributed by atoms with Crippen LogP contribution in [-0.4, -0.2) is 53.9 Å². The van der Waals surface area contributed by atoms with Gasteiger partial charge in [-0.25, -0.2) is 0 Å². The van der Waals surface area contributed by atoms with Crippen molar-refractivity contribution < 1.29 is 0 Å². The zero-order chi connectivity index (χ0) is 16.7. The van der Waals surface area contributed by atoms with E-state index in [4.69, 9.17) is 0 Å². The lowest BCUT2D eigenvalue weighted by atomic mass is 10.2. The monoisotopic (exact) mass is 320 g/mol. The molecule has 6 nitrogen and oxygen atoms in total. The predicted octanol–water partition coefficient (Wildman–Crippen LogP) is 1.58. The van der Waals surface area contributed by atoms with E-state index in [-0.39, 0.29) is 0 Å². The molecule has 0 saturated carbocycles. The molecule has 0 spiro atoms. The van der Waals surface area contributed by atoms with Crippen molar-refractivity contribution in [2.45, 2.75) is 46.1 Å². The molecule has 0 bridgehead atoms. The summed E-state index contributed by atoms with van der Waals surface area (Å²) in [5.41, 5.74) is 3.54. The summed E-state index contributed by atoms with van der Waals surface area (Å²) in [5, 5.41) is 11.2. The highest BCUT2D eigenvalue weighted by Crippen LogP contribution is 2.11. The number of rotatable bonds is 7. The molecule has 0 aliphatic carbocycles. The SMILES string of the molecule is CN=C(NCCCCN1CCCC1)NCc1c(C)nn(C)c1C. The third-order valence-corrected chi connectivity index (χ3v) is 4.71. The van der Waals surface area contributed by atoms with E-state index in [0.29, 0.717) is 0 Å². The largest absolute Gasteiger partial charge is 0.356 e. The Labute approximate surface area is 140 Å². The number of hydrogen-bond donors (Lipinski definition) is 2. The van der Waals surface area contributed by atoms with Gasteiger partial charge in [-0.2, -0.15) is 5.10 Å². The molecule has 2 rings (SSSR count). The predicted molar refractivity (Wildman–Crippen MR) is 95.8 cm³/mol. The second-order valence-corrected chi connectivity index (χ2v) is 6.38. The average molecular weight is 320 g/mol. The lowest BCUT2D eigenvalue weighted by Crippen LogP contribution is -2.37. The molecule has 1 aliphatic rings. The number of nitrogens with one attached hydrogen (secondary N) is 2. The molecule has 1 aromatic heterocycles. The second kappa shape index (κ2) is 8.91. The van der Waals surface area contributed by atoms with Crippen molar-refractivity contribution >= 4 is 5.96 Å². The standard InChI is InChI=1S/C17H32N6/c1-14-16(15(2)22(4)21-14)13-20-17(18-3)19-9-5-6-10-23-11-7-8-12-23/h5-13H2,1-4H3,(H2,18,19,20). The molecule has 0 unspecified atom stereocenters. The summed E-state index contributed by atoms with van der Waals surface area (Å²) in [6.45, 7) is 9.71. The summed E-state index contributed by atoms with van der Waals surface area (Å²) < 4.78 is 1.93. The van der Waals surface area contributed by atoms with Gasteiger partial charge in [0.15, 0.2) is 5.96 Å². The van der Waals surface area contributed by atoms with Crippen LogP contribution >= 0.6 is 0 Å². The number of aromatic nitrogens is 2. The van der Waals surface area contributed by atoms with Crippen molar-refractivity contribution in [2.24, 2.45) is 12.0 Å². The normalized spacial score (nSPS) is 16.1. The summed E-state index contributed by atoms with van der Waals surface area (Å²) in [5.74, 6) is 0.869. The maximum atomic E-state index is 4.45. The van der Waals surface area contributed by atoms with Crippen molar-refractivity contribution in [3.63, 3.8) is 0 Å². The molecule has 2 heterocycles. The van der Waals surface area contributed by atoms with Crippen LogP contribution in [0.4, 0.5) is 0 Å². The van der Waals surface area contributed by atoms with Crippen LogP contribution in [-0.2, 0) is 13.6 Å². The van der Waals surface area contributed by atoms with Gasteiger partial charge in [-0.1, -0.05) is 0 Å². The van der Waals surface area contributed by atoms with Crippen LogP contribution < -0.4 is 10.6 Å². The fourth-order valence-electron chi connectivity index (χ4n) is 3.14. The van der Waals surface area contributed by atoms with Crippen molar-refractivity contribution in [2.75, 3.05) is 33.2 Å². The Hall–Kier alpha value is -1.56. The van der Waals surface area contributed by atoms with Gasteiger partial charge >= 0.3 is 0 Å². The minimum atomic E-state index is 0.763. The Morgan fingerprint density at radius 2 is 1.91 bits per heavy atom. The number of aryl methyl sites for hydroxylation is 2. The first kappa shape index (κ1) is 17.8. The summed E-state index contributed by atoms with van der Waals surface area (Å²) in [6.07, 6.45) is 5.19. The molecular weight excluding hydrogens is 288 g/mol. The van der Waals surface area contributed by atoms with Crippen LogP contribution in [0.3, 0.4) is 0 Å². The molecule has 0 atom stereocenters. The average Bonchev–Trinajstić information content (AvgIpc) is 3.13. The molecule has 6 heteroatoms. The first-order chi connectivity index (χ1) is 11.1. The molecule has 1 fully saturated rings. The van der Waals surface area contributed by atoms with Gasteiger partial charge in [0, 0.05) is 38.4 Å². The molecule has 23 heavy (non-hydrogen) atoms. The molecule has 1 saturated heterocycles. The fraction of sp³-hybridized carbons (Fsp3) is 0.765. The molecule has 1 aromatic rings. The number of aliphatic imine (C=N–C) groups is 1. The Balaban J connectivity index is 1.65. The van der Waals surface area contributed by atoms with Crippen molar-refractivity contribution in [3.05, 3.63) is 17.0 Å². The lowest BCUT2D eigenvalue weighted by Gasteiger charge is -2.15. The van der Waals surface area contributed by atoms with Gasteiger partial charge in [-0.3, -0.25) is 9.67 Å². The van der Waals surface area contributed by atoms with Crippen molar-refractivity contribution in [1.82, 2.24) is 25.3 Å². The van der Waals surface area contributed by atoms with Crippen LogP contribution in [0.2, 0.25) is 0 Å². The van der Waals surface area contributed by atoms with Gasteiger partial charge < -0.3 is 15.5 Å². The smallest absolute Gasteiger partial charge is 0.191 e. The molecule has 0 amide bonds. The Bertz CT molecular complexity index is 513. The van der Waals surface area contributed by atoms with Gasteiger partial charge in [-0.15, -0.1) is 0 Å². The summed E-state index contributed by atoms with van der Waals surface area (Å²) in [7, 11) is 3.81. The topological polar surface area (TPSA) is 57.5 Å². The first-order valence-electron chi connectivity index (χ1n) is 8.77. The van der Waals surface area contributed by atoms with Gasteiger partial charge in [0.1, 0.15) is 0 Å². The van der Waals surface area contributed by atoms with Crippen LogP contribution in [0.15, 0.2) is 4.99 Å². The van der Waals surface area contributed by atoms with Crippen molar-refractivity contribution in [3.8, 4) is 0 Å². The Morgan fingerprint density at radius 1 is 1.17 bits per heavy atom. The molecule has 0 aromatic carbocycles. The quantitative estimate of drug-likeness (QED) is 0.455. The van der Waals surface area contributed by atoms with Crippen LogP contribution in [0.1, 0.15) is 42.6 Å². The summed E-state index contributed by atoms with van der Waals surface area (Å²) in [6, 6.07) is 0. The van der Waals surface area contributed by atoms with Gasteiger partial charge in [0.2, 0.25) is 0 Å². The Morgan fingerprint density at radius 3 is 2.52 bits per heavy atom. The molecule has 1 aliphatic heterocycles. The van der Waals surface area contributed by atoms with E-state index < -0.39 is 0 Å². The molecule has 2 N–H and O–H groups in total. The van der Waals surface area contributed by atoms with Crippen LogP contribution in [0.5, 0.6) is 0 Å². The fourth-order valence-corrected chi connectivity index (χ4v) is 3.14. The minimum absolute atomic E-state index is 0.763. The summed E-state index contributed by atoms with van der Waals surface area (Å²) in [4.78, 5) is 6.87. The van der Waals surface area contributed by atoms with E-state index in [1.54, 1.807) is 0 Å². The van der Waals surface area contributed by atoms with Gasteiger partial charge in [-0.05, 0) is 59.2 Å². The Kier molecular flexibility index (Phi) is 6.89. The number of nitrogens with zero attached hydrogens (tertiary/aromatic N) is 4. The lowest BCUT2D eigenvalue weighted by molar-refractivity contribution is 0.330. The molecule has 130 valence electrons. The van der Waals surface area contributed by atoms with E-state index in [2.05, 4.69) is 39.5 Å². The zero-order valence-corrected chi connectivity index (χ0v) is 15.2. The van der Waals surface area contributed by atoms with E-state index in [0.717, 1.165) is 24.7 Å². The van der Waals surface area contributed by atoms with Crippen LogP contribution in [0.25, 0.3) is 0 Å². The van der Waals surface area contributed by atoms with Crippen molar-refractivity contribution in [1.29, 1.82) is 0 Å². The number of likely N-dealkylation sites (tertiary alicyclic amines) is 1. The highest BCUT2D eigenvalue weighted by molar-refractivity contribution is 5.79.